The number of nitrogens with zero attached hydrogens (tertiary/aromatic N) is 1. The Balaban J connectivity index is 0.00000264. The average Bonchev–Trinajstić information content (AvgIpc) is 2.95. The Morgan fingerprint density at radius 2 is 2.13 bits per heavy atom. The molecule has 0 unspecified atom stereocenters. The number of aromatic amines is 1. The largest absolute Gasteiger partial charge is 0.382 e. The van der Waals surface area contributed by atoms with Crippen LogP contribution in [0.4, 0.5) is 0 Å². The molecule has 5 nitrogen and oxygen atoms in total. The maximum atomic E-state index is 5.83. The topological polar surface area (TPSA) is 75.4 Å². The lowest BCUT2D eigenvalue weighted by Crippen LogP contribution is -2.33. The Labute approximate surface area is 155 Å². The van der Waals surface area contributed by atoms with Crippen LogP contribution in [-0.2, 0) is 11.2 Å². The molecule has 0 fully saturated rings. The zero-order valence-corrected chi connectivity index (χ0v) is 16.0. The highest BCUT2D eigenvalue weighted by atomic mass is 127. The number of aliphatic imine (C=N–C) groups is 1. The van der Waals surface area contributed by atoms with E-state index in [-0.39, 0.29) is 24.0 Å². The van der Waals surface area contributed by atoms with E-state index in [1.807, 2.05) is 13.0 Å². The summed E-state index contributed by atoms with van der Waals surface area (Å²) < 4.78 is 5.27. The number of aromatic nitrogens is 1. The molecule has 1 aromatic carbocycles. The van der Waals surface area contributed by atoms with Crippen molar-refractivity contribution in [1.82, 2.24) is 10.3 Å². The fourth-order valence-electron chi connectivity index (χ4n) is 2.40. The zero-order chi connectivity index (χ0) is 15.6. The molecule has 1 heterocycles. The van der Waals surface area contributed by atoms with Gasteiger partial charge in [-0.2, -0.15) is 0 Å². The van der Waals surface area contributed by atoms with E-state index in [9.17, 15) is 0 Å². The molecule has 0 saturated carbocycles. The molecule has 2 rings (SSSR count). The third-order valence-corrected chi connectivity index (χ3v) is 3.54. The van der Waals surface area contributed by atoms with Gasteiger partial charge in [-0.25, -0.2) is 0 Å². The molecule has 0 aliphatic rings. The van der Waals surface area contributed by atoms with E-state index in [1.165, 1.54) is 16.5 Å². The number of guanidine groups is 1. The van der Waals surface area contributed by atoms with Crippen molar-refractivity contribution in [3.05, 3.63) is 36.0 Å². The van der Waals surface area contributed by atoms with Crippen molar-refractivity contribution in [2.45, 2.75) is 26.2 Å². The molecule has 4 N–H and O–H groups in total. The van der Waals surface area contributed by atoms with Gasteiger partial charge in [0, 0.05) is 43.4 Å². The maximum absolute atomic E-state index is 5.83. The van der Waals surface area contributed by atoms with Crippen LogP contribution < -0.4 is 11.1 Å². The van der Waals surface area contributed by atoms with Crippen LogP contribution in [0.3, 0.4) is 0 Å². The van der Waals surface area contributed by atoms with Crippen LogP contribution in [0, 0.1) is 0 Å². The molecule has 128 valence electrons. The molecule has 1 aromatic heterocycles. The second-order valence-corrected chi connectivity index (χ2v) is 5.21. The lowest BCUT2D eigenvalue weighted by Gasteiger charge is -2.05. The van der Waals surface area contributed by atoms with Crippen LogP contribution in [0.25, 0.3) is 10.9 Å². The molecule has 0 saturated heterocycles. The molecular formula is C17H27IN4O. The second kappa shape index (κ2) is 11.3. The summed E-state index contributed by atoms with van der Waals surface area (Å²) in [5.74, 6) is 0.524. The molecule has 0 aliphatic carbocycles. The fraction of sp³-hybridized carbons (Fsp3) is 0.471. The lowest BCUT2D eigenvalue weighted by atomic mass is 10.1. The van der Waals surface area contributed by atoms with Crippen molar-refractivity contribution in [3.8, 4) is 0 Å². The zero-order valence-electron chi connectivity index (χ0n) is 13.7. The van der Waals surface area contributed by atoms with Crippen LogP contribution in [0.1, 0.15) is 25.3 Å². The second-order valence-electron chi connectivity index (χ2n) is 5.21. The summed E-state index contributed by atoms with van der Waals surface area (Å²) in [4.78, 5) is 7.65. The van der Waals surface area contributed by atoms with Gasteiger partial charge < -0.3 is 20.8 Å². The van der Waals surface area contributed by atoms with Gasteiger partial charge in [0.25, 0.3) is 0 Å². The molecular weight excluding hydrogens is 403 g/mol. The van der Waals surface area contributed by atoms with Crippen LogP contribution in [0.5, 0.6) is 0 Å². The predicted octanol–water partition coefficient (Wildman–Crippen LogP) is 3.05. The molecule has 0 amide bonds. The van der Waals surface area contributed by atoms with Crippen molar-refractivity contribution in [2.75, 3.05) is 26.3 Å². The number of aryl methyl sites for hydroxylation is 1. The first-order valence-electron chi connectivity index (χ1n) is 7.97. The number of halogens is 1. The van der Waals surface area contributed by atoms with E-state index >= 15 is 0 Å². The summed E-state index contributed by atoms with van der Waals surface area (Å²) in [7, 11) is 0. The highest BCUT2D eigenvalue weighted by molar-refractivity contribution is 14.0. The van der Waals surface area contributed by atoms with Crippen molar-refractivity contribution in [2.24, 2.45) is 10.7 Å². The lowest BCUT2D eigenvalue weighted by molar-refractivity contribution is 0.145. The smallest absolute Gasteiger partial charge is 0.188 e. The van der Waals surface area contributed by atoms with Crippen LogP contribution in [0.15, 0.2) is 35.5 Å². The number of nitrogens with one attached hydrogen (secondary N) is 2. The number of fused-ring (bicyclic) bond motifs is 1. The quantitative estimate of drug-likeness (QED) is 0.248. The minimum atomic E-state index is 0. The normalized spacial score (nSPS) is 11.4. The number of rotatable bonds is 9. The molecule has 0 aliphatic heterocycles. The Bertz CT molecular complexity index is 597. The standard InChI is InChI=1S/C17H26N4O.HI/c1-2-22-12-6-11-20-17(18)19-10-5-7-14-13-21-16-9-4-3-8-15(14)16;/h3-4,8-9,13,21H,2,5-7,10-12H2,1H3,(H3,18,19,20);1H. The molecule has 0 radical (unpaired) electrons. The number of nitrogens with two attached hydrogens (primary N) is 1. The van der Waals surface area contributed by atoms with Crippen molar-refractivity contribution in [3.63, 3.8) is 0 Å². The van der Waals surface area contributed by atoms with E-state index in [4.69, 9.17) is 10.5 Å². The van der Waals surface area contributed by atoms with Crippen LogP contribution in [-0.4, -0.2) is 37.2 Å². The molecule has 2 aromatic rings. The SMILES string of the molecule is CCOCCCNC(N)=NCCCc1c[nH]c2ccccc12.I. The van der Waals surface area contributed by atoms with E-state index in [0.29, 0.717) is 5.96 Å². The van der Waals surface area contributed by atoms with Gasteiger partial charge in [-0.15, -0.1) is 24.0 Å². The van der Waals surface area contributed by atoms with E-state index in [0.717, 1.165) is 45.6 Å². The van der Waals surface area contributed by atoms with Gasteiger partial charge in [0.15, 0.2) is 5.96 Å². The predicted molar refractivity (Wildman–Crippen MR) is 108 cm³/mol. The fourth-order valence-corrected chi connectivity index (χ4v) is 2.40. The van der Waals surface area contributed by atoms with Gasteiger partial charge in [-0.05, 0) is 37.8 Å². The highest BCUT2D eigenvalue weighted by Gasteiger charge is 2.02. The summed E-state index contributed by atoms with van der Waals surface area (Å²) in [6, 6.07) is 8.37. The van der Waals surface area contributed by atoms with Gasteiger partial charge in [0.05, 0.1) is 0 Å². The number of H-pyrrole nitrogens is 1. The van der Waals surface area contributed by atoms with Gasteiger partial charge >= 0.3 is 0 Å². The molecule has 0 atom stereocenters. The van der Waals surface area contributed by atoms with Crippen LogP contribution in [0.2, 0.25) is 0 Å². The average molecular weight is 430 g/mol. The summed E-state index contributed by atoms with van der Waals surface area (Å²) in [5, 5.41) is 4.41. The molecule has 6 heteroatoms. The minimum absolute atomic E-state index is 0. The van der Waals surface area contributed by atoms with Crippen molar-refractivity contribution >= 4 is 40.8 Å². The first-order chi connectivity index (χ1) is 10.8. The van der Waals surface area contributed by atoms with E-state index < -0.39 is 0 Å². The molecule has 0 spiro atoms. The number of hydrogen-bond acceptors (Lipinski definition) is 2. The first kappa shape index (κ1) is 19.8. The van der Waals surface area contributed by atoms with Crippen LogP contribution >= 0.6 is 24.0 Å². The Kier molecular flexibility index (Phi) is 9.70. The summed E-state index contributed by atoms with van der Waals surface area (Å²) >= 11 is 0. The first-order valence-corrected chi connectivity index (χ1v) is 7.97. The number of hydrogen-bond donors (Lipinski definition) is 3. The Morgan fingerprint density at radius 1 is 1.30 bits per heavy atom. The number of ether oxygens (including phenoxy) is 1. The maximum Gasteiger partial charge on any atom is 0.188 e. The van der Waals surface area contributed by atoms with Crippen molar-refractivity contribution in [1.29, 1.82) is 0 Å². The molecule has 0 bridgehead atoms. The number of benzene rings is 1. The Hall–Kier alpha value is -1.28. The third kappa shape index (κ3) is 6.78. The van der Waals surface area contributed by atoms with Gasteiger partial charge in [0.1, 0.15) is 0 Å². The summed E-state index contributed by atoms with van der Waals surface area (Å²) in [6.07, 6.45) is 5.03. The summed E-state index contributed by atoms with van der Waals surface area (Å²) in [6.45, 7) is 5.06. The van der Waals surface area contributed by atoms with E-state index in [1.54, 1.807) is 0 Å². The molecule has 23 heavy (non-hydrogen) atoms. The highest BCUT2D eigenvalue weighted by Crippen LogP contribution is 2.18. The minimum Gasteiger partial charge on any atom is -0.382 e. The van der Waals surface area contributed by atoms with Gasteiger partial charge in [-0.3, -0.25) is 4.99 Å². The number of para-hydroxylation sites is 1. The monoisotopic (exact) mass is 430 g/mol. The summed E-state index contributed by atoms with van der Waals surface area (Å²) in [5.41, 5.74) is 8.36. The third-order valence-electron chi connectivity index (χ3n) is 3.54. The van der Waals surface area contributed by atoms with Gasteiger partial charge in [0.2, 0.25) is 0 Å². The van der Waals surface area contributed by atoms with Gasteiger partial charge in [-0.1, -0.05) is 18.2 Å². The van der Waals surface area contributed by atoms with Crippen molar-refractivity contribution < 1.29 is 4.74 Å². The Morgan fingerprint density at radius 3 is 2.96 bits per heavy atom. The van der Waals surface area contributed by atoms with E-state index in [2.05, 4.69) is 39.7 Å².